The predicted octanol–water partition coefficient (Wildman–Crippen LogP) is 4.61. The maximum absolute atomic E-state index is 12.9. The van der Waals surface area contributed by atoms with Crippen molar-refractivity contribution in [1.82, 2.24) is 19.7 Å². The molecule has 1 aliphatic rings. The van der Waals surface area contributed by atoms with Crippen LogP contribution in [0.15, 0.2) is 52.2 Å². The maximum atomic E-state index is 12.9. The van der Waals surface area contributed by atoms with Crippen LogP contribution in [0.25, 0.3) is 11.4 Å². The molecule has 0 saturated carbocycles. The number of morpholine rings is 1. The van der Waals surface area contributed by atoms with Gasteiger partial charge >= 0.3 is 0 Å². The smallest absolute Gasteiger partial charge is 0.233 e. The van der Waals surface area contributed by atoms with Gasteiger partial charge < -0.3 is 14.1 Å². The average molecular weight is 469 g/mol. The van der Waals surface area contributed by atoms with Crippen LogP contribution in [0, 0.1) is 0 Å². The van der Waals surface area contributed by atoms with Gasteiger partial charge in [-0.05, 0) is 37.0 Å². The van der Waals surface area contributed by atoms with Gasteiger partial charge in [-0.3, -0.25) is 9.36 Å². The van der Waals surface area contributed by atoms with Crippen molar-refractivity contribution in [2.75, 3.05) is 18.8 Å². The molecule has 4 rings (SSSR count). The number of hydrogen-bond acceptors (Lipinski definition) is 6. The van der Waals surface area contributed by atoms with E-state index in [4.69, 9.17) is 9.15 Å². The number of rotatable bonds is 6. The molecule has 0 radical (unpaired) electrons. The molecule has 2 aromatic heterocycles. The molecular weight excluding hydrogens is 436 g/mol. The van der Waals surface area contributed by atoms with E-state index in [0.717, 1.165) is 17.1 Å². The van der Waals surface area contributed by atoms with E-state index in [2.05, 4.69) is 55.2 Å². The van der Waals surface area contributed by atoms with Crippen molar-refractivity contribution in [3.8, 4) is 11.4 Å². The zero-order valence-corrected chi connectivity index (χ0v) is 20.8. The van der Waals surface area contributed by atoms with Gasteiger partial charge in [0, 0.05) is 18.7 Å². The minimum atomic E-state index is 0.0491. The highest BCUT2D eigenvalue weighted by molar-refractivity contribution is 7.99. The molecule has 176 valence electrons. The van der Waals surface area contributed by atoms with Crippen molar-refractivity contribution in [2.45, 2.75) is 63.9 Å². The van der Waals surface area contributed by atoms with Crippen molar-refractivity contribution in [3.63, 3.8) is 0 Å². The summed E-state index contributed by atoms with van der Waals surface area (Å²) in [5.74, 6) is 1.96. The molecule has 0 unspecified atom stereocenters. The van der Waals surface area contributed by atoms with E-state index in [1.807, 2.05) is 35.4 Å². The van der Waals surface area contributed by atoms with Crippen LogP contribution in [-0.2, 0) is 21.5 Å². The minimum absolute atomic E-state index is 0.0491. The molecule has 1 saturated heterocycles. The second kappa shape index (κ2) is 9.73. The number of aromatic nitrogens is 3. The van der Waals surface area contributed by atoms with Gasteiger partial charge in [-0.15, -0.1) is 10.2 Å². The number of thioether (sulfide) groups is 1. The Kier molecular flexibility index (Phi) is 6.95. The molecule has 1 fully saturated rings. The van der Waals surface area contributed by atoms with Gasteiger partial charge in [-0.1, -0.05) is 56.8 Å². The van der Waals surface area contributed by atoms with Crippen molar-refractivity contribution in [1.29, 1.82) is 0 Å². The van der Waals surface area contributed by atoms with Gasteiger partial charge in [0.25, 0.3) is 0 Å². The number of ether oxygens (including phenoxy) is 1. The lowest BCUT2D eigenvalue weighted by atomic mass is 9.87. The van der Waals surface area contributed by atoms with E-state index < -0.39 is 0 Å². The summed E-state index contributed by atoms with van der Waals surface area (Å²) >= 11 is 1.41. The Morgan fingerprint density at radius 1 is 1.09 bits per heavy atom. The Morgan fingerprint density at radius 3 is 2.39 bits per heavy atom. The van der Waals surface area contributed by atoms with Gasteiger partial charge in [0.15, 0.2) is 11.0 Å². The van der Waals surface area contributed by atoms with Gasteiger partial charge in [0.05, 0.1) is 30.8 Å². The summed E-state index contributed by atoms with van der Waals surface area (Å²) in [7, 11) is 0. The summed E-state index contributed by atoms with van der Waals surface area (Å²) in [5, 5.41) is 9.61. The molecule has 0 aliphatic carbocycles. The summed E-state index contributed by atoms with van der Waals surface area (Å²) in [4.78, 5) is 14.8. The molecule has 3 aromatic rings. The Morgan fingerprint density at radius 2 is 1.79 bits per heavy atom. The Bertz CT molecular complexity index is 1060. The third-order valence-corrected chi connectivity index (χ3v) is 6.67. The van der Waals surface area contributed by atoms with Crippen LogP contribution in [0.5, 0.6) is 0 Å². The fourth-order valence-electron chi connectivity index (χ4n) is 4.03. The van der Waals surface area contributed by atoms with E-state index in [0.29, 0.717) is 30.5 Å². The van der Waals surface area contributed by atoms with Crippen LogP contribution >= 0.6 is 11.8 Å². The summed E-state index contributed by atoms with van der Waals surface area (Å²) in [6.07, 6.45) is 1.76. The van der Waals surface area contributed by atoms with Crippen LogP contribution in [0.3, 0.4) is 0 Å². The van der Waals surface area contributed by atoms with E-state index >= 15 is 0 Å². The number of carbonyl (C=O) groups excluding carboxylic acids is 1. The third-order valence-electron chi connectivity index (χ3n) is 5.72. The minimum Gasteiger partial charge on any atom is -0.467 e. The molecule has 1 amide bonds. The molecule has 0 N–H and O–H groups in total. The monoisotopic (exact) mass is 468 g/mol. The van der Waals surface area contributed by atoms with E-state index in [1.165, 1.54) is 17.3 Å². The molecule has 1 aromatic carbocycles. The van der Waals surface area contributed by atoms with E-state index in [-0.39, 0.29) is 23.5 Å². The molecule has 2 atom stereocenters. The topological polar surface area (TPSA) is 73.4 Å². The first-order valence-corrected chi connectivity index (χ1v) is 12.3. The largest absolute Gasteiger partial charge is 0.467 e. The van der Waals surface area contributed by atoms with Crippen molar-refractivity contribution >= 4 is 17.7 Å². The molecule has 7 nitrogen and oxygen atoms in total. The van der Waals surface area contributed by atoms with Crippen LogP contribution in [0.1, 0.15) is 45.9 Å². The maximum Gasteiger partial charge on any atom is 0.233 e. The predicted molar refractivity (Wildman–Crippen MR) is 129 cm³/mol. The first kappa shape index (κ1) is 23.6. The summed E-state index contributed by atoms with van der Waals surface area (Å²) in [5.41, 5.74) is 2.32. The van der Waals surface area contributed by atoms with Gasteiger partial charge in [0.1, 0.15) is 5.76 Å². The average Bonchev–Trinajstić information content (AvgIpc) is 3.41. The summed E-state index contributed by atoms with van der Waals surface area (Å²) in [6.45, 7) is 12.3. The zero-order chi connectivity index (χ0) is 23.6. The molecule has 1 aliphatic heterocycles. The number of amides is 1. The lowest BCUT2D eigenvalue weighted by Gasteiger charge is -2.35. The number of benzene rings is 1. The number of carbonyl (C=O) groups is 1. The Labute approximate surface area is 199 Å². The molecule has 33 heavy (non-hydrogen) atoms. The molecule has 0 bridgehead atoms. The van der Waals surface area contributed by atoms with Gasteiger partial charge in [-0.25, -0.2) is 0 Å². The van der Waals surface area contributed by atoms with Gasteiger partial charge in [-0.2, -0.15) is 0 Å². The van der Waals surface area contributed by atoms with Crippen molar-refractivity contribution < 1.29 is 13.9 Å². The van der Waals surface area contributed by atoms with E-state index in [1.54, 1.807) is 6.26 Å². The molecular formula is C25H32N4O3S. The first-order chi connectivity index (χ1) is 15.7. The highest BCUT2D eigenvalue weighted by Gasteiger charge is 2.26. The SMILES string of the molecule is C[C@H]1CN(C(=O)CSc2nnc(-c3ccc(C(C)(C)C)cc3)n2Cc2ccco2)C[C@H](C)O1. The third kappa shape index (κ3) is 5.68. The fraction of sp³-hybridized carbons (Fsp3) is 0.480. The quantitative estimate of drug-likeness (QED) is 0.492. The fourth-order valence-corrected chi connectivity index (χ4v) is 4.87. The highest BCUT2D eigenvalue weighted by atomic mass is 32.2. The first-order valence-electron chi connectivity index (χ1n) is 11.3. The van der Waals surface area contributed by atoms with E-state index in [9.17, 15) is 4.79 Å². The highest BCUT2D eigenvalue weighted by Crippen LogP contribution is 2.29. The molecule has 8 heteroatoms. The van der Waals surface area contributed by atoms with Crippen molar-refractivity contribution in [3.05, 3.63) is 54.0 Å². The van der Waals surface area contributed by atoms with Crippen LogP contribution < -0.4 is 0 Å². The van der Waals surface area contributed by atoms with Crippen LogP contribution in [0.4, 0.5) is 0 Å². The number of furan rings is 1. The zero-order valence-electron chi connectivity index (χ0n) is 19.9. The molecule has 3 heterocycles. The van der Waals surface area contributed by atoms with Crippen LogP contribution in [-0.4, -0.2) is 56.6 Å². The Balaban J connectivity index is 1.55. The van der Waals surface area contributed by atoms with Crippen LogP contribution in [0.2, 0.25) is 0 Å². The molecule has 0 spiro atoms. The summed E-state index contributed by atoms with van der Waals surface area (Å²) < 4.78 is 13.4. The number of hydrogen-bond donors (Lipinski definition) is 0. The Hall–Kier alpha value is -2.58. The lowest BCUT2D eigenvalue weighted by Crippen LogP contribution is -2.48. The van der Waals surface area contributed by atoms with Crippen molar-refractivity contribution in [2.24, 2.45) is 0 Å². The number of nitrogens with zero attached hydrogens (tertiary/aromatic N) is 4. The normalized spacial score (nSPS) is 19.1. The standard InChI is InChI=1S/C25H32N4O3S/c1-17-13-28(14-18(2)32-17)22(30)16-33-24-27-26-23(29(24)15-21-7-6-12-31-21)19-8-10-20(11-9-19)25(3,4)5/h6-12,17-18H,13-16H2,1-5H3/t17-,18-/m0/s1. The lowest BCUT2D eigenvalue weighted by molar-refractivity contribution is -0.140. The summed E-state index contributed by atoms with van der Waals surface area (Å²) in [6, 6.07) is 12.2. The second-order valence-corrected chi connectivity index (χ2v) is 10.6. The van der Waals surface area contributed by atoms with Gasteiger partial charge in [0.2, 0.25) is 5.91 Å². The second-order valence-electron chi connectivity index (χ2n) is 9.64.